The molecule has 0 amide bonds. The maximum Gasteiger partial charge on any atom is 0.107 e. The van der Waals surface area contributed by atoms with Crippen LogP contribution in [0.4, 0.5) is 5.69 Å². The molecule has 3 rings (SSSR count). The van der Waals surface area contributed by atoms with Gasteiger partial charge in [-0.3, -0.25) is 0 Å². The number of halogens is 1. The van der Waals surface area contributed by atoms with Crippen molar-refractivity contribution in [2.75, 3.05) is 5.73 Å². The highest BCUT2D eigenvalue weighted by atomic mass is 35.5. The molecular weight excluding hydrogens is 258 g/mol. The van der Waals surface area contributed by atoms with Crippen molar-refractivity contribution in [3.63, 3.8) is 0 Å². The topological polar surface area (TPSA) is 43.8 Å². The second-order valence-corrected chi connectivity index (χ2v) is 4.95. The van der Waals surface area contributed by atoms with Gasteiger partial charge in [-0.25, -0.2) is 4.98 Å². The SMILES string of the molecule is Cc1nc2ccccc2n1Cc1c(N)cccc1Cl. The van der Waals surface area contributed by atoms with Crippen LogP contribution in [-0.2, 0) is 6.54 Å². The van der Waals surface area contributed by atoms with Crippen LogP contribution in [0.2, 0.25) is 5.02 Å². The van der Waals surface area contributed by atoms with Crippen molar-refractivity contribution in [1.29, 1.82) is 0 Å². The van der Waals surface area contributed by atoms with Crippen LogP contribution in [0.1, 0.15) is 11.4 Å². The van der Waals surface area contributed by atoms with Gasteiger partial charge < -0.3 is 10.3 Å². The second-order valence-electron chi connectivity index (χ2n) is 4.54. The number of hydrogen-bond donors (Lipinski definition) is 1. The van der Waals surface area contributed by atoms with Gasteiger partial charge in [-0.05, 0) is 31.2 Å². The molecule has 0 spiro atoms. The number of aryl methyl sites for hydroxylation is 1. The molecule has 0 aliphatic carbocycles. The van der Waals surface area contributed by atoms with Crippen molar-refractivity contribution in [1.82, 2.24) is 9.55 Å². The zero-order chi connectivity index (χ0) is 13.4. The van der Waals surface area contributed by atoms with E-state index in [1.54, 1.807) is 0 Å². The van der Waals surface area contributed by atoms with Gasteiger partial charge in [-0.1, -0.05) is 29.8 Å². The van der Waals surface area contributed by atoms with Crippen LogP contribution in [0.5, 0.6) is 0 Å². The first kappa shape index (κ1) is 12.1. The highest BCUT2D eigenvalue weighted by molar-refractivity contribution is 6.31. The van der Waals surface area contributed by atoms with E-state index in [-0.39, 0.29) is 0 Å². The van der Waals surface area contributed by atoms with Crippen LogP contribution >= 0.6 is 11.6 Å². The lowest BCUT2D eigenvalue weighted by Gasteiger charge is -2.11. The first-order valence-electron chi connectivity index (χ1n) is 6.11. The van der Waals surface area contributed by atoms with Crippen LogP contribution in [0.15, 0.2) is 42.5 Å². The Morgan fingerprint density at radius 3 is 2.74 bits per heavy atom. The lowest BCUT2D eigenvalue weighted by atomic mass is 10.1. The molecule has 0 fully saturated rings. The minimum atomic E-state index is 0.637. The molecule has 4 heteroatoms. The number of anilines is 1. The van der Waals surface area contributed by atoms with Crippen molar-refractivity contribution < 1.29 is 0 Å². The highest BCUT2D eigenvalue weighted by Crippen LogP contribution is 2.25. The molecular formula is C15H14ClN3. The molecule has 0 saturated heterocycles. The fourth-order valence-corrected chi connectivity index (χ4v) is 2.54. The number of para-hydroxylation sites is 2. The third-order valence-corrected chi connectivity index (χ3v) is 3.67. The Labute approximate surface area is 116 Å². The predicted octanol–water partition coefficient (Wildman–Crippen LogP) is 3.63. The number of hydrogen-bond acceptors (Lipinski definition) is 2. The fraction of sp³-hybridized carbons (Fsp3) is 0.133. The average molecular weight is 272 g/mol. The summed E-state index contributed by atoms with van der Waals surface area (Å²) in [4.78, 5) is 4.55. The summed E-state index contributed by atoms with van der Waals surface area (Å²) in [5.74, 6) is 0.959. The number of fused-ring (bicyclic) bond motifs is 1. The number of nitrogen functional groups attached to an aromatic ring is 1. The van der Waals surface area contributed by atoms with Crippen LogP contribution in [0, 0.1) is 6.92 Å². The van der Waals surface area contributed by atoms with Gasteiger partial charge in [0.25, 0.3) is 0 Å². The standard InChI is InChI=1S/C15H14ClN3/c1-10-18-14-7-2-3-8-15(14)19(10)9-11-12(16)5-4-6-13(11)17/h2-8H,9,17H2,1H3. The molecule has 0 saturated carbocycles. The summed E-state index contributed by atoms with van der Waals surface area (Å²) in [7, 11) is 0. The Morgan fingerprint density at radius 1 is 1.16 bits per heavy atom. The van der Waals surface area contributed by atoms with E-state index in [2.05, 4.69) is 15.6 Å². The fourth-order valence-electron chi connectivity index (χ4n) is 2.30. The van der Waals surface area contributed by atoms with Gasteiger partial charge in [0.15, 0.2) is 0 Å². The van der Waals surface area contributed by atoms with Gasteiger partial charge in [0, 0.05) is 16.3 Å². The van der Waals surface area contributed by atoms with E-state index >= 15 is 0 Å². The quantitative estimate of drug-likeness (QED) is 0.724. The first-order valence-corrected chi connectivity index (χ1v) is 6.49. The van der Waals surface area contributed by atoms with E-state index in [4.69, 9.17) is 17.3 Å². The van der Waals surface area contributed by atoms with E-state index in [0.717, 1.165) is 22.4 Å². The van der Waals surface area contributed by atoms with Gasteiger partial charge in [0.1, 0.15) is 5.82 Å². The molecule has 19 heavy (non-hydrogen) atoms. The normalized spacial score (nSPS) is 11.1. The number of benzene rings is 2. The van der Waals surface area contributed by atoms with Crippen LogP contribution in [0.3, 0.4) is 0 Å². The number of aromatic nitrogens is 2. The van der Waals surface area contributed by atoms with Crippen LogP contribution in [0.25, 0.3) is 11.0 Å². The van der Waals surface area contributed by atoms with E-state index in [1.807, 2.05) is 43.3 Å². The lowest BCUT2D eigenvalue weighted by molar-refractivity contribution is 0.788. The molecule has 3 nitrogen and oxygen atoms in total. The Bertz CT molecular complexity index is 726. The zero-order valence-electron chi connectivity index (χ0n) is 10.6. The Balaban J connectivity index is 2.13. The number of nitrogens with zero attached hydrogens (tertiary/aromatic N) is 2. The van der Waals surface area contributed by atoms with Gasteiger partial charge >= 0.3 is 0 Å². The number of imidazole rings is 1. The highest BCUT2D eigenvalue weighted by Gasteiger charge is 2.10. The monoisotopic (exact) mass is 271 g/mol. The molecule has 0 radical (unpaired) electrons. The summed E-state index contributed by atoms with van der Waals surface area (Å²) in [6, 6.07) is 13.7. The molecule has 1 heterocycles. The molecule has 0 aliphatic rings. The molecule has 0 aliphatic heterocycles. The Hall–Kier alpha value is -2.00. The van der Waals surface area contributed by atoms with Gasteiger partial charge in [-0.15, -0.1) is 0 Å². The smallest absolute Gasteiger partial charge is 0.107 e. The summed E-state index contributed by atoms with van der Waals surface area (Å²) in [6.07, 6.45) is 0. The van der Waals surface area contributed by atoms with Crippen molar-refractivity contribution in [2.24, 2.45) is 0 Å². The predicted molar refractivity (Wildman–Crippen MR) is 79.4 cm³/mol. The number of rotatable bonds is 2. The van der Waals surface area contributed by atoms with Crippen LogP contribution in [-0.4, -0.2) is 9.55 Å². The summed E-state index contributed by atoms with van der Waals surface area (Å²) in [6.45, 7) is 2.63. The lowest BCUT2D eigenvalue weighted by Crippen LogP contribution is -2.05. The molecule has 96 valence electrons. The maximum atomic E-state index is 6.24. The maximum absolute atomic E-state index is 6.24. The van der Waals surface area contributed by atoms with Crippen molar-refractivity contribution in [3.8, 4) is 0 Å². The van der Waals surface area contributed by atoms with Crippen molar-refractivity contribution in [3.05, 3.63) is 58.9 Å². The van der Waals surface area contributed by atoms with E-state index < -0.39 is 0 Å². The van der Waals surface area contributed by atoms with Gasteiger partial charge in [-0.2, -0.15) is 0 Å². The summed E-state index contributed by atoms with van der Waals surface area (Å²) in [5, 5.41) is 0.692. The van der Waals surface area contributed by atoms with Gasteiger partial charge in [0.05, 0.1) is 17.6 Å². The third kappa shape index (κ3) is 2.06. The average Bonchev–Trinajstić information content (AvgIpc) is 2.70. The van der Waals surface area contributed by atoms with Crippen molar-refractivity contribution in [2.45, 2.75) is 13.5 Å². The second kappa shape index (κ2) is 4.59. The van der Waals surface area contributed by atoms with E-state index in [1.165, 1.54) is 0 Å². The zero-order valence-corrected chi connectivity index (χ0v) is 11.4. The minimum absolute atomic E-state index is 0.637. The Morgan fingerprint density at radius 2 is 1.95 bits per heavy atom. The molecule has 0 bridgehead atoms. The summed E-state index contributed by atoms with van der Waals surface area (Å²) >= 11 is 6.24. The van der Waals surface area contributed by atoms with E-state index in [9.17, 15) is 0 Å². The first-order chi connectivity index (χ1) is 9.16. The third-order valence-electron chi connectivity index (χ3n) is 3.32. The Kier molecular flexibility index (Phi) is 2.91. The molecule has 3 aromatic rings. The largest absolute Gasteiger partial charge is 0.398 e. The van der Waals surface area contributed by atoms with Gasteiger partial charge in [0.2, 0.25) is 0 Å². The number of nitrogens with two attached hydrogens (primary N) is 1. The van der Waals surface area contributed by atoms with Crippen molar-refractivity contribution >= 4 is 28.3 Å². The molecule has 0 unspecified atom stereocenters. The molecule has 2 N–H and O–H groups in total. The summed E-state index contributed by atoms with van der Waals surface area (Å²) in [5.41, 5.74) is 9.75. The summed E-state index contributed by atoms with van der Waals surface area (Å²) < 4.78 is 2.13. The molecule has 0 atom stereocenters. The van der Waals surface area contributed by atoms with Crippen LogP contribution < -0.4 is 5.73 Å². The minimum Gasteiger partial charge on any atom is -0.398 e. The molecule has 2 aromatic carbocycles. The van der Waals surface area contributed by atoms with E-state index in [0.29, 0.717) is 17.3 Å². The molecule has 1 aromatic heterocycles.